The predicted octanol–water partition coefficient (Wildman–Crippen LogP) is 1.66. The van der Waals surface area contributed by atoms with E-state index in [0.717, 1.165) is 13.1 Å². The fourth-order valence-electron chi connectivity index (χ4n) is 2.86. The first kappa shape index (κ1) is 18.1. The molecule has 0 aliphatic carbocycles. The van der Waals surface area contributed by atoms with Gasteiger partial charge in [-0.25, -0.2) is 4.79 Å². The van der Waals surface area contributed by atoms with Crippen LogP contribution in [-0.2, 0) is 4.79 Å². The van der Waals surface area contributed by atoms with Gasteiger partial charge < -0.3 is 20.4 Å². The van der Waals surface area contributed by atoms with Crippen LogP contribution in [0.4, 0.5) is 10.5 Å². The van der Waals surface area contributed by atoms with Gasteiger partial charge in [-0.3, -0.25) is 4.79 Å². The number of benzene rings is 1. The van der Waals surface area contributed by atoms with E-state index in [1.165, 1.54) is 16.8 Å². The van der Waals surface area contributed by atoms with E-state index in [4.69, 9.17) is 0 Å². The third-order valence-electron chi connectivity index (χ3n) is 4.37. The van der Waals surface area contributed by atoms with E-state index >= 15 is 0 Å². The minimum absolute atomic E-state index is 0.0329. The molecule has 0 bridgehead atoms. The number of nitrogens with one attached hydrogen (secondary N) is 2. The summed E-state index contributed by atoms with van der Waals surface area (Å²) in [6, 6.07) is 6.09. The Morgan fingerprint density at radius 1 is 1.12 bits per heavy atom. The monoisotopic (exact) mass is 332 g/mol. The van der Waals surface area contributed by atoms with Crippen LogP contribution >= 0.6 is 0 Å². The first-order valence-electron chi connectivity index (χ1n) is 8.51. The third kappa shape index (κ3) is 4.63. The van der Waals surface area contributed by atoms with Crippen LogP contribution in [0.25, 0.3) is 0 Å². The van der Waals surface area contributed by atoms with Crippen molar-refractivity contribution in [1.29, 1.82) is 0 Å². The maximum absolute atomic E-state index is 12.2. The van der Waals surface area contributed by atoms with Crippen molar-refractivity contribution >= 4 is 17.6 Å². The van der Waals surface area contributed by atoms with Gasteiger partial charge in [-0.1, -0.05) is 12.1 Å². The summed E-state index contributed by atoms with van der Waals surface area (Å²) in [5.41, 5.74) is 3.83. The Kier molecular flexibility index (Phi) is 6.06. The zero-order valence-electron chi connectivity index (χ0n) is 15.1. The molecule has 0 atom stereocenters. The zero-order chi connectivity index (χ0) is 17.7. The van der Waals surface area contributed by atoms with Gasteiger partial charge >= 0.3 is 6.03 Å². The number of hydrogen-bond acceptors (Lipinski definition) is 3. The number of rotatable bonds is 4. The summed E-state index contributed by atoms with van der Waals surface area (Å²) >= 11 is 0. The van der Waals surface area contributed by atoms with Gasteiger partial charge in [0.1, 0.15) is 0 Å². The number of nitrogens with zero attached hydrogens (tertiary/aromatic N) is 2. The third-order valence-corrected chi connectivity index (χ3v) is 4.37. The van der Waals surface area contributed by atoms with Gasteiger partial charge in [0, 0.05) is 37.9 Å². The lowest BCUT2D eigenvalue weighted by Gasteiger charge is -2.37. The SMILES string of the molecule is Cc1cccc(N2CCN(C(=O)CNC(=O)NC(C)C)CC2)c1C. The molecule has 1 aliphatic heterocycles. The van der Waals surface area contributed by atoms with Crippen LogP contribution in [0.5, 0.6) is 0 Å². The molecule has 0 saturated carbocycles. The molecule has 1 saturated heterocycles. The normalized spacial score (nSPS) is 14.7. The molecule has 6 heteroatoms. The molecule has 3 amide bonds. The second-order valence-corrected chi connectivity index (χ2v) is 6.57. The van der Waals surface area contributed by atoms with E-state index < -0.39 is 0 Å². The van der Waals surface area contributed by atoms with E-state index in [-0.39, 0.29) is 24.5 Å². The second kappa shape index (κ2) is 8.04. The molecule has 1 aromatic carbocycles. The Morgan fingerprint density at radius 3 is 2.42 bits per heavy atom. The van der Waals surface area contributed by atoms with E-state index in [9.17, 15) is 9.59 Å². The molecule has 2 N–H and O–H groups in total. The Hall–Kier alpha value is -2.24. The van der Waals surface area contributed by atoms with Crippen molar-refractivity contribution in [2.75, 3.05) is 37.6 Å². The average Bonchev–Trinajstić information content (AvgIpc) is 2.55. The van der Waals surface area contributed by atoms with Crippen LogP contribution in [0, 0.1) is 13.8 Å². The molecule has 24 heavy (non-hydrogen) atoms. The van der Waals surface area contributed by atoms with Crippen LogP contribution in [-0.4, -0.2) is 55.6 Å². The fraction of sp³-hybridized carbons (Fsp3) is 0.556. The summed E-state index contributed by atoms with van der Waals surface area (Å²) in [4.78, 5) is 27.9. The topological polar surface area (TPSA) is 64.7 Å². The molecule has 0 unspecified atom stereocenters. The van der Waals surface area contributed by atoms with Crippen molar-refractivity contribution in [2.24, 2.45) is 0 Å². The fourth-order valence-corrected chi connectivity index (χ4v) is 2.86. The first-order chi connectivity index (χ1) is 11.4. The van der Waals surface area contributed by atoms with Gasteiger partial charge in [0.05, 0.1) is 6.54 Å². The number of hydrogen-bond donors (Lipinski definition) is 2. The van der Waals surface area contributed by atoms with Crippen LogP contribution in [0.2, 0.25) is 0 Å². The van der Waals surface area contributed by atoms with E-state index in [1.807, 2.05) is 18.7 Å². The lowest BCUT2D eigenvalue weighted by atomic mass is 10.1. The van der Waals surface area contributed by atoms with E-state index in [2.05, 4.69) is 47.6 Å². The van der Waals surface area contributed by atoms with Gasteiger partial charge in [-0.2, -0.15) is 0 Å². The molecule has 1 aromatic rings. The summed E-state index contributed by atoms with van der Waals surface area (Å²) in [6.07, 6.45) is 0. The van der Waals surface area contributed by atoms with E-state index in [1.54, 1.807) is 0 Å². The molecule has 0 radical (unpaired) electrons. The number of aryl methyl sites for hydroxylation is 1. The number of urea groups is 1. The molecule has 6 nitrogen and oxygen atoms in total. The number of piperazine rings is 1. The maximum atomic E-state index is 12.2. The smallest absolute Gasteiger partial charge is 0.315 e. The van der Waals surface area contributed by atoms with Crippen LogP contribution < -0.4 is 15.5 Å². The number of anilines is 1. The molecular formula is C18H28N4O2. The Morgan fingerprint density at radius 2 is 1.79 bits per heavy atom. The van der Waals surface area contributed by atoms with Crippen molar-refractivity contribution in [3.8, 4) is 0 Å². The van der Waals surface area contributed by atoms with Gasteiger partial charge in [0.25, 0.3) is 0 Å². The van der Waals surface area contributed by atoms with Crippen molar-refractivity contribution in [3.05, 3.63) is 29.3 Å². The lowest BCUT2D eigenvalue weighted by Crippen LogP contribution is -2.52. The lowest BCUT2D eigenvalue weighted by molar-refractivity contribution is -0.130. The van der Waals surface area contributed by atoms with Crippen LogP contribution in [0.1, 0.15) is 25.0 Å². The first-order valence-corrected chi connectivity index (χ1v) is 8.51. The van der Waals surface area contributed by atoms with Crippen molar-refractivity contribution < 1.29 is 9.59 Å². The number of carbonyl (C=O) groups is 2. The maximum Gasteiger partial charge on any atom is 0.315 e. The molecule has 0 aromatic heterocycles. The summed E-state index contributed by atoms with van der Waals surface area (Å²) < 4.78 is 0. The largest absolute Gasteiger partial charge is 0.368 e. The Labute approximate surface area is 144 Å². The molecule has 1 fully saturated rings. The van der Waals surface area contributed by atoms with Crippen LogP contribution in [0.15, 0.2) is 18.2 Å². The van der Waals surface area contributed by atoms with Crippen LogP contribution in [0.3, 0.4) is 0 Å². The summed E-state index contributed by atoms with van der Waals surface area (Å²) in [5.74, 6) is -0.0329. The molecule has 1 heterocycles. The highest BCUT2D eigenvalue weighted by molar-refractivity contribution is 5.84. The number of carbonyl (C=O) groups excluding carboxylic acids is 2. The van der Waals surface area contributed by atoms with E-state index in [0.29, 0.717) is 13.1 Å². The summed E-state index contributed by atoms with van der Waals surface area (Å²) in [6.45, 7) is 11.1. The quantitative estimate of drug-likeness (QED) is 0.881. The summed E-state index contributed by atoms with van der Waals surface area (Å²) in [7, 11) is 0. The van der Waals surface area contributed by atoms with Gasteiger partial charge in [-0.15, -0.1) is 0 Å². The van der Waals surface area contributed by atoms with Gasteiger partial charge in [0.15, 0.2) is 0 Å². The highest BCUT2D eigenvalue weighted by Crippen LogP contribution is 2.23. The van der Waals surface area contributed by atoms with Crippen molar-refractivity contribution in [2.45, 2.75) is 33.7 Å². The average molecular weight is 332 g/mol. The molecule has 132 valence electrons. The number of amides is 3. The van der Waals surface area contributed by atoms with Crippen molar-refractivity contribution in [3.63, 3.8) is 0 Å². The predicted molar refractivity (Wildman–Crippen MR) is 96.4 cm³/mol. The van der Waals surface area contributed by atoms with Gasteiger partial charge in [-0.05, 0) is 44.9 Å². The standard InChI is InChI=1S/C18H28N4O2/c1-13(2)20-18(24)19-12-17(23)22-10-8-21(9-11-22)16-7-5-6-14(3)15(16)4/h5-7,13H,8-12H2,1-4H3,(H2,19,20,24). The summed E-state index contributed by atoms with van der Waals surface area (Å²) in [5, 5.41) is 5.33. The zero-order valence-corrected chi connectivity index (χ0v) is 15.1. The highest BCUT2D eigenvalue weighted by atomic mass is 16.2. The Balaban J connectivity index is 1.83. The minimum Gasteiger partial charge on any atom is -0.368 e. The minimum atomic E-state index is -0.299. The van der Waals surface area contributed by atoms with Gasteiger partial charge in [0.2, 0.25) is 5.91 Å². The highest BCUT2D eigenvalue weighted by Gasteiger charge is 2.22. The molecular weight excluding hydrogens is 304 g/mol. The molecule has 1 aliphatic rings. The second-order valence-electron chi connectivity index (χ2n) is 6.57. The van der Waals surface area contributed by atoms with Crippen molar-refractivity contribution in [1.82, 2.24) is 15.5 Å². The Bertz CT molecular complexity index is 593. The molecule has 0 spiro atoms. The molecule has 2 rings (SSSR count).